The summed E-state index contributed by atoms with van der Waals surface area (Å²) in [5.41, 5.74) is 0.862. The molecule has 0 saturated carbocycles. The Morgan fingerprint density at radius 3 is 2.47 bits per heavy atom. The second kappa shape index (κ2) is 9.63. The van der Waals surface area contributed by atoms with Gasteiger partial charge < -0.3 is 9.47 Å². The molecule has 0 aromatic heterocycles. The Bertz CT molecular complexity index is 292. The summed E-state index contributed by atoms with van der Waals surface area (Å²) >= 11 is 0. The lowest BCUT2D eigenvalue weighted by Crippen LogP contribution is -2.12. The molecule has 0 unspecified atom stereocenters. The van der Waals surface area contributed by atoms with Gasteiger partial charge in [0.1, 0.15) is 0 Å². The van der Waals surface area contributed by atoms with Crippen LogP contribution >= 0.6 is 0 Å². The zero-order valence-electron chi connectivity index (χ0n) is 10.5. The molecule has 0 amide bonds. The number of rotatable bonds is 5. The molecule has 96 valence electrons. The minimum Gasteiger partial charge on any atom is -0.462 e. The first-order chi connectivity index (χ1) is 8.11. The van der Waals surface area contributed by atoms with Gasteiger partial charge in [0.05, 0.1) is 12.9 Å². The second-order valence-electron chi connectivity index (χ2n) is 3.53. The standard InChI is InChI=1S/C9H14O2.C4H6O2/c1-2-3-7-11-9(10)8-5-4-6-8;1-3-6-4(2)5/h5H,2-4,6-7H2,1H3;3H,1H2,2H3. The van der Waals surface area contributed by atoms with E-state index in [1.54, 1.807) is 0 Å². The molecule has 0 aliphatic heterocycles. The summed E-state index contributed by atoms with van der Waals surface area (Å²) in [5, 5.41) is 0. The Kier molecular flexibility index (Phi) is 8.74. The molecule has 0 atom stereocenters. The number of ether oxygens (including phenoxy) is 2. The Labute approximate surface area is 102 Å². The predicted molar refractivity (Wildman–Crippen MR) is 65.1 cm³/mol. The average molecular weight is 240 g/mol. The number of carbonyl (C=O) groups is 2. The first-order valence-corrected chi connectivity index (χ1v) is 5.76. The fraction of sp³-hybridized carbons (Fsp3) is 0.538. The summed E-state index contributed by atoms with van der Waals surface area (Å²) in [4.78, 5) is 20.8. The largest absolute Gasteiger partial charge is 0.462 e. The van der Waals surface area contributed by atoms with Crippen LogP contribution in [0.3, 0.4) is 0 Å². The third kappa shape index (κ3) is 8.25. The number of carbonyl (C=O) groups excluding carboxylic acids is 2. The van der Waals surface area contributed by atoms with Crippen LogP contribution in [-0.4, -0.2) is 18.5 Å². The molecule has 0 aromatic rings. The zero-order valence-corrected chi connectivity index (χ0v) is 10.5. The molecule has 0 spiro atoms. The van der Waals surface area contributed by atoms with Gasteiger partial charge in [-0.25, -0.2) is 4.79 Å². The van der Waals surface area contributed by atoms with Crippen molar-refractivity contribution in [1.82, 2.24) is 0 Å². The monoisotopic (exact) mass is 240 g/mol. The van der Waals surface area contributed by atoms with E-state index in [1.165, 1.54) is 6.92 Å². The number of hydrogen-bond acceptors (Lipinski definition) is 4. The van der Waals surface area contributed by atoms with Gasteiger partial charge in [-0.2, -0.15) is 0 Å². The number of allylic oxidation sites excluding steroid dienone is 1. The van der Waals surface area contributed by atoms with Crippen molar-refractivity contribution in [3.05, 3.63) is 24.5 Å². The third-order valence-electron chi connectivity index (χ3n) is 2.05. The van der Waals surface area contributed by atoms with Crippen molar-refractivity contribution in [3.63, 3.8) is 0 Å². The first-order valence-electron chi connectivity index (χ1n) is 5.76. The fourth-order valence-corrected chi connectivity index (χ4v) is 0.993. The normalized spacial score (nSPS) is 12.2. The van der Waals surface area contributed by atoms with Gasteiger partial charge in [0.25, 0.3) is 0 Å². The zero-order chi connectivity index (χ0) is 13.1. The van der Waals surface area contributed by atoms with Gasteiger partial charge in [-0.3, -0.25) is 4.79 Å². The van der Waals surface area contributed by atoms with Gasteiger partial charge in [0.15, 0.2) is 0 Å². The number of unbranched alkanes of at least 4 members (excludes halogenated alkanes) is 1. The molecule has 0 fully saturated rings. The van der Waals surface area contributed by atoms with E-state index in [4.69, 9.17) is 4.74 Å². The molecule has 0 radical (unpaired) electrons. The SMILES string of the molecule is C=COC(C)=O.CCCCOC(=O)C1=CCC1. The maximum absolute atomic E-state index is 11.0. The van der Waals surface area contributed by atoms with E-state index >= 15 is 0 Å². The Morgan fingerprint density at radius 2 is 2.18 bits per heavy atom. The highest BCUT2D eigenvalue weighted by Crippen LogP contribution is 2.18. The highest BCUT2D eigenvalue weighted by Gasteiger charge is 2.15. The minimum atomic E-state index is -0.329. The van der Waals surface area contributed by atoms with Crippen molar-refractivity contribution in [1.29, 1.82) is 0 Å². The molecule has 0 heterocycles. The lowest BCUT2D eigenvalue weighted by Gasteiger charge is -2.12. The van der Waals surface area contributed by atoms with E-state index in [2.05, 4.69) is 18.2 Å². The van der Waals surface area contributed by atoms with E-state index in [9.17, 15) is 9.59 Å². The van der Waals surface area contributed by atoms with Crippen molar-refractivity contribution in [2.75, 3.05) is 6.61 Å². The molecule has 0 aromatic carbocycles. The molecule has 0 N–H and O–H groups in total. The van der Waals surface area contributed by atoms with Crippen LogP contribution < -0.4 is 0 Å². The molecular formula is C13H20O4. The van der Waals surface area contributed by atoms with Crippen molar-refractivity contribution in [3.8, 4) is 0 Å². The van der Waals surface area contributed by atoms with Crippen LogP contribution in [0.25, 0.3) is 0 Å². The van der Waals surface area contributed by atoms with Gasteiger partial charge in [-0.05, 0) is 19.3 Å². The summed E-state index contributed by atoms with van der Waals surface area (Å²) in [6.07, 6.45) is 7.03. The number of hydrogen-bond donors (Lipinski definition) is 0. The molecule has 1 aliphatic carbocycles. The summed E-state index contributed by atoms with van der Waals surface area (Å²) < 4.78 is 9.15. The molecule has 4 nitrogen and oxygen atoms in total. The Morgan fingerprint density at radius 1 is 1.53 bits per heavy atom. The van der Waals surface area contributed by atoms with Crippen LogP contribution in [0.1, 0.15) is 39.5 Å². The average Bonchev–Trinajstić information content (AvgIpc) is 2.16. The molecule has 17 heavy (non-hydrogen) atoms. The van der Waals surface area contributed by atoms with E-state index in [0.717, 1.165) is 37.5 Å². The van der Waals surface area contributed by atoms with E-state index in [1.807, 2.05) is 6.08 Å². The third-order valence-corrected chi connectivity index (χ3v) is 2.05. The summed E-state index contributed by atoms with van der Waals surface area (Å²) in [6, 6.07) is 0. The lowest BCUT2D eigenvalue weighted by molar-refractivity contribution is -0.139. The van der Waals surface area contributed by atoms with Gasteiger partial charge in [0.2, 0.25) is 0 Å². The Hall–Kier alpha value is -1.58. The van der Waals surface area contributed by atoms with Gasteiger partial charge >= 0.3 is 11.9 Å². The van der Waals surface area contributed by atoms with Crippen molar-refractivity contribution in [2.45, 2.75) is 39.5 Å². The summed E-state index contributed by atoms with van der Waals surface area (Å²) in [5.74, 6) is -0.435. The Balaban J connectivity index is 0.000000366. The molecule has 1 rings (SSSR count). The fourth-order valence-electron chi connectivity index (χ4n) is 0.993. The molecule has 4 heteroatoms. The lowest BCUT2D eigenvalue weighted by atomic mass is 10.00. The van der Waals surface area contributed by atoms with Crippen molar-refractivity contribution >= 4 is 11.9 Å². The highest BCUT2D eigenvalue weighted by molar-refractivity contribution is 5.89. The maximum Gasteiger partial charge on any atom is 0.333 e. The van der Waals surface area contributed by atoms with Crippen LogP contribution in [0.2, 0.25) is 0 Å². The topological polar surface area (TPSA) is 52.6 Å². The summed E-state index contributed by atoms with van der Waals surface area (Å²) in [7, 11) is 0. The second-order valence-corrected chi connectivity index (χ2v) is 3.53. The number of esters is 2. The van der Waals surface area contributed by atoms with Crippen molar-refractivity contribution in [2.24, 2.45) is 0 Å². The van der Waals surface area contributed by atoms with E-state index in [-0.39, 0.29) is 11.9 Å². The molecule has 0 bridgehead atoms. The van der Waals surface area contributed by atoms with E-state index in [0.29, 0.717) is 6.61 Å². The van der Waals surface area contributed by atoms with Crippen LogP contribution in [0.15, 0.2) is 24.5 Å². The van der Waals surface area contributed by atoms with Gasteiger partial charge in [0, 0.05) is 12.5 Å². The maximum atomic E-state index is 11.0. The van der Waals surface area contributed by atoms with Crippen LogP contribution in [0, 0.1) is 0 Å². The summed E-state index contributed by atoms with van der Waals surface area (Å²) in [6.45, 7) is 7.13. The molecule has 0 saturated heterocycles. The molecular weight excluding hydrogens is 220 g/mol. The highest BCUT2D eigenvalue weighted by atomic mass is 16.5. The quantitative estimate of drug-likeness (QED) is 0.421. The molecule has 1 aliphatic rings. The van der Waals surface area contributed by atoms with Crippen LogP contribution in [-0.2, 0) is 19.1 Å². The minimum absolute atomic E-state index is 0.107. The van der Waals surface area contributed by atoms with Gasteiger partial charge in [-0.15, -0.1) is 0 Å². The van der Waals surface area contributed by atoms with Crippen LogP contribution in [0.4, 0.5) is 0 Å². The predicted octanol–water partition coefficient (Wildman–Crippen LogP) is 2.74. The van der Waals surface area contributed by atoms with Gasteiger partial charge in [-0.1, -0.05) is 26.0 Å². The van der Waals surface area contributed by atoms with Crippen molar-refractivity contribution < 1.29 is 19.1 Å². The first kappa shape index (κ1) is 15.4. The smallest absolute Gasteiger partial charge is 0.333 e. The van der Waals surface area contributed by atoms with E-state index < -0.39 is 0 Å². The van der Waals surface area contributed by atoms with Crippen LogP contribution in [0.5, 0.6) is 0 Å².